The highest BCUT2D eigenvalue weighted by molar-refractivity contribution is 9.10. The van der Waals surface area contributed by atoms with Gasteiger partial charge in [0.25, 0.3) is 12.4 Å². The van der Waals surface area contributed by atoms with Crippen LogP contribution in [0.25, 0.3) is 10.9 Å². The molecule has 186 valence electrons. The Bertz CT molecular complexity index is 1170. The number of likely N-dealkylation sites (N-methyl/N-ethyl adjacent to an activating group) is 2. The van der Waals surface area contributed by atoms with Crippen LogP contribution in [0.15, 0.2) is 46.9 Å². The first-order valence-electron chi connectivity index (χ1n) is 12.1. The Hall–Kier alpha value is -2.68. The summed E-state index contributed by atoms with van der Waals surface area (Å²) in [7, 11) is 4.28. The van der Waals surface area contributed by atoms with E-state index in [1.54, 1.807) is 6.92 Å². The number of aromatic nitrogens is 1. The number of benzene rings is 2. The van der Waals surface area contributed by atoms with Gasteiger partial charge in [0.15, 0.2) is 0 Å². The lowest BCUT2D eigenvalue weighted by atomic mass is 9.92. The molecule has 0 saturated carbocycles. The van der Waals surface area contributed by atoms with Crippen LogP contribution in [0.2, 0.25) is 0 Å². The molecule has 1 N–H and O–H groups in total. The number of aromatic amines is 1. The van der Waals surface area contributed by atoms with Gasteiger partial charge in [-0.15, -0.1) is 0 Å². The fourth-order valence-corrected chi connectivity index (χ4v) is 5.23. The second-order valence-corrected chi connectivity index (χ2v) is 10.0. The topological polar surface area (TPSA) is 68.9 Å². The number of H-pyrrole nitrogens is 1. The average Bonchev–Trinajstić information content (AvgIpc) is 3.22. The van der Waals surface area contributed by atoms with Gasteiger partial charge in [0.1, 0.15) is 0 Å². The zero-order valence-corrected chi connectivity index (χ0v) is 22.2. The van der Waals surface area contributed by atoms with E-state index in [0.29, 0.717) is 13.1 Å². The number of nitrogens with zero attached hydrogens (tertiary/aromatic N) is 3. The molecule has 7 nitrogen and oxygen atoms in total. The molecular weight excluding hydrogens is 508 g/mol. The van der Waals surface area contributed by atoms with Crippen LogP contribution in [0, 0.1) is 0 Å². The summed E-state index contributed by atoms with van der Waals surface area (Å²) in [5.41, 5.74) is 5.87. The van der Waals surface area contributed by atoms with Gasteiger partial charge in [-0.3, -0.25) is 14.5 Å². The molecule has 0 aliphatic carbocycles. The van der Waals surface area contributed by atoms with E-state index in [0.717, 1.165) is 49.2 Å². The van der Waals surface area contributed by atoms with E-state index in [1.165, 1.54) is 27.7 Å². The molecule has 1 amide bonds. The number of carbonyl (C=O) groups excluding carboxylic acids is 2. The van der Waals surface area contributed by atoms with Gasteiger partial charge in [0, 0.05) is 59.4 Å². The maximum atomic E-state index is 12.9. The van der Waals surface area contributed by atoms with E-state index < -0.39 is 0 Å². The van der Waals surface area contributed by atoms with Crippen molar-refractivity contribution in [3.63, 3.8) is 0 Å². The third-order valence-electron chi connectivity index (χ3n) is 6.83. The summed E-state index contributed by atoms with van der Waals surface area (Å²) < 4.78 is 5.26. The van der Waals surface area contributed by atoms with Crippen LogP contribution < -0.4 is 0 Å². The summed E-state index contributed by atoms with van der Waals surface area (Å²) in [6, 6.07) is 14.9. The van der Waals surface area contributed by atoms with Crippen molar-refractivity contribution in [2.75, 3.05) is 53.4 Å². The quantitative estimate of drug-likeness (QED) is 0.505. The average molecular weight is 541 g/mol. The first kappa shape index (κ1) is 25.4. The van der Waals surface area contributed by atoms with Crippen molar-refractivity contribution in [2.24, 2.45) is 0 Å². The minimum Gasteiger partial charge on any atom is -0.468 e. The van der Waals surface area contributed by atoms with Crippen molar-refractivity contribution in [3.05, 3.63) is 69.3 Å². The van der Waals surface area contributed by atoms with Gasteiger partial charge in [-0.25, -0.2) is 0 Å². The van der Waals surface area contributed by atoms with Gasteiger partial charge < -0.3 is 19.5 Å². The third-order valence-corrected chi connectivity index (χ3v) is 7.32. The van der Waals surface area contributed by atoms with Crippen LogP contribution in [-0.2, 0) is 16.0 Å². The van der Waals surface area contributed by atoms with Gasteiger partial charge in [0.05, 0.1) is 12.6 Å². The lowest BCUT2D eigenvalue weighted by Gasteiger charge is -2.34. The highest BCUT2D eigenvalue weighted by Crippen LogP contribution is 2.38. The number of rotatable bonds is 4. The Morgan fingerprint density at radius 3 is 2.43 bits per heavy atom. The molecule has 1 atom stereocenters. The molecule has 1 unspecified atom stereocenters. The fraction of sp³-hybridized carbons (Fsp3) is 0.407. The smallest absolute Gasteiger partial charge is 0.293 e. The second-order valence-electron chi connectivity index (χ2n) is 9.11. The van der Waals surface area contributed by atoms with Crippen LogP contribution in [0.1, 0.15) is 40.1 Å². The summed E-state index contributed by atoms with van der Waals surface area (Å²) >= 11 is 3.61. The van der Waals surface area contributed by atoms with Crippen molar-refractivity contribution in [1.82, 2.24) is 19.7 Å². The number of fused-ring (bicyclic) bond motifs is 3. The monoisotopic (exact) mass is 540 g/mol. The van der Waals surface area contributed by atoms with Gasteiger partial charge >= 0.3 is 0 Å². The Morgan fingerprint density at radius 1 is 1.09 bits per heavy atom. The molecule has 0 radical (unpaired) electrons. The minimum atomic E-state index is 0.141. The first-order valence-corrected chi connectivity index (χ1v) is 12.9. The summed E-state index contributed by atoms with van der Waals surface area (Å²) in [6.07, 6.45) is 1.04. The van der Waals surface area contributed by atoms with Gasteiger partial charge in [-0.1, -0.05) is 28.1 Å². The number of halogens is 1. The standard InChI is InChI=1S/C24H27BrN4O.C3H6O2/c1-27-11-13-29(14-12-27)24(30)17-5-3-16(4-6-17)23-22-19(9-10-28(23)2)20-15-18(25)7-8-21(20)26-22;1-2-5-3-4/h3-8,15,23,26H,9-14H2,1-2H3;3H,2H2,1H3. The highest BCUT2D eigenvalue weighted by atomic mass is 79.9. The Balaban J connectivity index is 0.000000527. The molecule has 0 spiro atoms. The summed E-state index contributed by atoms with van der Waals surface area (Å²) in [6.45, 7) is 7.16. The van der Waals surface area contributed by atoms with Gasteiger partial charge in [0.2, 0.25) is 0 Å². The second kappa shape index (κ2) is 11.4. The van der Waals surface area contributed by atoms with Crippen LogP contribution in [-0.4, -0.2) is 85.5 Å². The summed E-state index contributed by atoms with van der Waals surface area (Å²) in [4.78, 5) is 32.4. The van der Waals surface area contributed by atoms with Crippen molar-refractivity contribution in [3.8, 4) is 0 Å². The Morgan fingerprint density at radius 2 is 1.80 bits per heavy atom. The normalized spacial score (nSPS) is 18.5. The predicted octanol–water partition coefficient (Wildman–Crippen LogP) is 4.07. The van der Waals surface area contributed by atoms with Crippen LogP contribution in [0.3, 0.4) is 0 Å². The Kier molecular flexibility index (Phi) is 8.26. The van der Waals surface area contributed by atoms with Crippen molar-refractivity contribution in [1.29, 1.82) is 0 Å². The predicted molar refractivity (Wildman–Crippen MR) is 142 cm³/mol. The maximum Gasteiger partial charge on any atom is 0.293 e. The molecule has 2 aliphatic heterocycles. The molecule has 3 heterocycles. The maximum absolute atomic E-state index is 12.9. The van der Waals surface area contributed by atoms with E-state index >= 15 is 0 Å². The third kappa shape index (κ3) is 5.60. The number of carbonyl (C=O) groups is 2. The molecule has 1 fully saturated rings. The lowest BCUT2D eigenvalue weighted by Crippen LogP contribution is -2.47. The van der Waals surface area contributed by atoms with Crippen LogP contribution >= 0.6 is 15.9 Å². The highest BCUT2D eigenvalue weighted by Gasteiger charge is 2.30. The number of hydrogen-bond donors (Lipinski definition) is 1. The molecule has 5 rings (SSSR count). The van der Waals surface area contributed by atoms with E-state index in [-0.39, 0.29) is 11.9 Å². The molecule has 2 aromatic carbocycles. The van der Waals surface area contributed by atoms with E-state index in [1.807, 2.05) is 17.0 Å². The molecule has 35 heavy (non-hydrogen) atoms. The number of ether oxygens (including phenoxy) is 1. The van der Waals surface area contributed by atoms with Crippen molar-refractivity contribution < 1.29 is 14.3 Å². The van der Waals surface area contributed by atoms with Crippen molar-refractivity contribution >= 4 is 39.2 Å². The zero-order valence-electron chi connectivity index (χ0n) is 20.6. The lowest BCUT2D eigenvalue weighted by molar-refractivity contribution is -0.128. The molecular formula is C27H33BrN4O3. The van der Waals surface area contributed by atoms with Gasteiger partial charge in [-0.2, -0.15) is 0 Å². The zero-order chi connectivity index (χ0) is 24.9. The largest absolute Gasteiger partial charge is 0.468 e. The number of amides is 1. The van der Waals surface area contributed by atoms with E-state index in [2.05, 4.69) is 79.9 Å². The van der Waals surface area contributed by atoms with Crippen LogP contribution in [0.5, 0.6) is 0 Å². The summed E-state index contributed by atoms with van der Waals surface area (Å²) in [5, 5.41) is 1.30. The number of piperazine rings is 1. The van der Waals surface area contributed by atoms with Crippen LogP contribution in [0.4, 0.5) is 0 Å². The van der Waals surface area contributed by atoms with E-state index in [9.17, 15) is 9.59 Å². The SMILES string of the molecule is CCOC=O.CN1CCN(C(=O)c2ccc(C3c4[nH]c5ccc(Br)cc5c4CCN3C)cc2)CC1. The molecule has 0 bridgehead atoms. The number of nitrogens with one attached hydrogen (secondary N) is 1. The number of hydrogen-bond acceptors (Lipinski definition) is 5. The van der Waals surface area contributed by atoms with Crippen molar-refractivity contribution in [2.45, 2.75) is 19.4 Å². The summed E-state index contributed by atoms with van der Waals surface area (Å²) in [5.74, 6) is 0.141. The van der Waals surface area contributed by atoms with E-state index in [4.69, 9.17) is 0 Å². The van der Waals surface area contributed by atoms with Gasteiger partial charge in [-0.05, 0) is 68.9 Å². The molecule has 3 aromatic rings. The minimum absolute atomic E-state index is 0.141. The first-order chi connectivity index (χ1) is 16.9. The molecule has 8 heteroatoms. The molecule has 2 aliphatic rings. The Labute approximate surface area is 215 Å². The molecule has 1 aromatic heterocycles. The molecule has 1 saturated heterocycles. The fourth-order valence-electron chi connectivity index (χ4n) is 4.87.